The van der Waals surface area contributed by atoms with E-state index in [-0.39, 0.29) is 28.3 Å². The van der Waals surface area contributed by atoms with Gasteiger partial charge in [0.25, 0.3) is 5.91 Å². The van der Waals surface area contributed by atoms with Crippen molar-refractivity contribution in [2.45, 2.75) is 6.04 Å². The van der Waals surface area contributed by atoms with Crippen LogP contribution in [0.5, 0.6) is 11.5 Å². The highest BCUT2D eigenvalue weighted by Crippen LogP contribution is 2.35. The van der Waals surface area contributed by atoms with Crippen LogP contribution in [0.4, 0.5) is 0 Å². The number of methoxy groups -OCH3 is 1. The number of nitrogens with one attached hydrogen (secondary N) is 1. The molecule has 0 radical (unpaired) electrons. The monoisotopic (exact) mass is 401 g/mol. The molecule has 1 aliphatic rings. The van der Waals surface area contributed by atoms with Gasteiger partial charge in [0.1, 0.15) is 5.58 Å². The number of aromatic hydroxyl groups is 1. The SMILES string of the molecule is COc1cc([C@@H]2NC(=O)c3oc4ccc(Br)cc4c(=O)c32)ccc1O. The highest BCUT2D eigenvalue weighted by Gasteiger charge is 2.36. The number of benzene rings is 2. The molecule has 0 unspecified atom stereocenters. The lowest BCUT2D eigenvalue weighted by molar-refractivity contribution is 0.0938. The molecule has 0 spiro atoms. The Kier molecular flexibility index (Phi) is 3.54. The third kappa shape index (κ3) is 2.39. The van der Waals surface area contributed by atoms with Gasteiger partial charge in [0.05, 0.1) is 24.1 Å². The molecule has 1 aliphatic heterocycles. The second-order valence-corrected chi connectivity index (χ2v) is 6.57. The summed E-state index contributed by atoms with van der Waals surface area (Å²) in [6.07, 6.45) is 0. The van der Waals surface area contributed by atoms with Crippen LogP contribution >= 0.6 is 15.9 Å². The number of amides is 1. The van der Waals surface area contributed by atoms with Crippen molar-refractivity contribution < 1.29 is 19.1 Å². The van der Waals surface area contributed by atoms with Gasteiger partial charge in [-0.2, -0.15) is 0 Å². The van der Waals surface area contributed by atoms with Gasteiger partial charge >= 0.3 is 0 Å². The second-order valence-electron chi connectivity index (χ2n) is 5.65. The van der Waals surface area contributed by atoms with Crippen molar-refractivity contribution in [3.63, 3.8) is 0 Å². The van der Waals surface area contributed by atoms with E-state index in [9.17, 15) is 14.7 Å². The van der Waals surface area contributed by atoms with Crippen LogP contribution in [-0.4, -0.2) is 18.1 Å². The number of phenolic OH excluding ortho intramolecular Hbond substituents is 1. The van der Waals surface area contributed by atoms with Gasteiger partial charge < -0.3 is 19.6 Å². The predicted molar refractivity (Wildman–Crippen MR) is 94.2 cm³/mol. The highest BCUT2D eigenvalue weighted by atomic mass is 79.9. The maximum Gasteiger partial charge on any atom is 0.288 e. The molecule has 0 saturated carbocycles. The van der Waals surface area contributed by atoms with Crippen LogP contribution in [-0.2, 0) is 0 Å². The maximum absolute atomic E-state index is 13.0. The molecule has 0 aliphatic carbocycles. The van der Waals surface area contributed by atoms with Gasteiger partial charge in [-0.3, -0.25) is 9.59 Å². The number of rotatable bonds is 2. The van der Waals surface area contributed by atoms with Gasteiger partial charge in [0, 0.05) is 4.47 Å². The number of carbonyl (C=O) groups excluding carboxylic acids is 1. The Labute approximate surface area is 150 Å². The van der Waals surface area contributed by atoms with E-state index in [1.54, 1.807) is 30.3 Å². The minimum atomic E-state index is -0.670. The first kappa shape index (κ1) is 15.7. The van der Waals surface area contributed by atoms with E-state index in [2.05, 4.69) is 21.2 Å². The van der Waals surface area contributed by atoms with Crippen molar-refractivity contribution in [1.82, 2.24) is 5.32 Å². The molecule has 6 nitrogen and oxygen atoms in total. The van der Waals surface area contributed by atoms with Crippen molar-refractivity contribution in [3.05, 3.63) is 68.0 Å². The molecule has 4 rings (SSSR count). The number of hydrogen-bond donors (Lipinski definition) is 2. The quantitative estimate of drug-likeness (QED) is 0.688. The molecule has 2 N–H and O–H groups in total. The zero-order valence-electron chi connectivity index (χ0n) is 13.0. The Morgan fingerprint density at radius 1 is 1.20 bits per heavy atom. The zero-order valence-corrected chi connectivity index (χ0v) is 14.6. The van der Waals surface area contributed by atoms with E-state index in [1.807, 2.05) is 0 Å². The summed E-state index contributed by atoms with van der Waals surface area (Å²) in [6.45, 7) is 0. The van der Waals surface area contributed by atoms with Gasteiger partial charge in [0.15, 0.2) is 16.9 Å². The molecule has 2 aromatic carbocycles. The van der Waals surface area contributed by atoms with Crippen molar-refractivity contribution in [2.75, 3.05) is 7.11 Å². The van der Waals surface area contributed by atoms with Crippen LogP contribution in [0.2, 0.25) is 0 Å². The molecule has 1 amide bonds. The van der Waals surface area contributed by atoms with Gasteiger partial charge in [-0.05, 0) is 35.9 Å². The molecule has 1 aromatic heterocycles. The lowest BCUT2D eigenvalue weighted by Crippen LogP contribution is -2.21. The van der Waals surface area contributed by atoms with Gasteiger partial charge in [-0.25, -0.2) is 0 Å². The molecule has 1 atom stereocenters. The average molecular weight is 402 g/mol. The lowest BCUT2D eigenvalue weighted by Gasteiger charge is -2.13. The summed E-state index contributed by atoms with van der Waals surface area (Å²) in [5, 5.41) is 12.9. The van der Waals surface area contributed by atoms with Crippen molar-refractivity contribution >= 4 is 32.8 Å². The van der Waals surface area contributed by atoms with Gasteiger partial charge in [0.2, 0.25) is 5.76 Å². The Balaban J connectivity index is 1.96. The van der Waals surface area contributed by atoms with Crippen LogP contribution < -0.4 is 15.5 Å². The Morgan fingerprint density at radius 3 is 2.76 bits per heavy atom. The molecule has 0 bridgehead atoms. The minimum Gasteiger partial charge on any atom is -0.504 e. The molecule has 25 heavy (non-hydrogen) atoms. The fourth-order valence-electron chi connectivity index (χ4n) is 3.01. The van der Waals surface area contributed by atoms with Crippen LogP contribution in [0.25, 0.3) is 11.0 Å². The Hall–Kier alpha value is -2.80. The van der Waals surface area contributed by atoms with E-state index in [1.165, 1.54) is 13.2 Å². The van der Waals surface area contributed by atoms with Crippen molar-refractivity contribution in [1.29, 1.82) is 0 Å². The first-order chi connectivity index (χ1) is 12.0. The minimum absolute atomic E-state index is 0.0110. The summed E-state index contributed by atoms with van der Waals surface area (Å²) >= 11 is 3.34. The highest BCUT2D eigenvalue weighted by molar-refractivity contribution is 9.10. The number of ether oxygens (including phenoxy) is 1. The zero-order chi connectivity index (χ0) is 17.7. The molecule has 0 fully saturated rings. The van der Waals surface area contributed by atoms with Crippen LogP contribution in [0.3, 0.4) is 0 Å². The third-order valence-electron chi connectivity index (χ3n) is 4.19. The number of fused-ring (bicyclic) bond motifs is 2. The van der Waals surface area contributed by atoms with E-state index < -0.39 is 11.9 Å². The summed E-state index contributed by atoms with van der Waals surface area (Å²) in [5.74, 6) is -0.204. The van der Waals surface area contributed by atoms with E-state index in [4.69, 9.17) is 9.15 Å². The molecule has 126 valence electrons. The summed E-state index contributed by atoms with van der Waals surface area (Å²) in [7, 11) is 1.43. The Bertz CT molecular complexity index is 1090. The van der Waals surface area contributed by atoms with E-state index in [0.717, 1.165) is 4.47 Å². The fraction of sp³-hybridized carbons (Fsp3) is 0.111. The van der Waals surface area contributed by atoms with Crippen LogP contribution in [0.15, 0.2) is 50.1 Å². The smallest absolute Gasteiger partial charge is 0.288 e. The number of carbonyl (C=O) groups is 1. The first-order valence-electron chi connectivity index (χ1n) is 7.43. The summed E-state index contributed by atoms with van der Waals surface area (Å²) in [5.41, 5.74) is 0.950. The largest absolute Gasteiger partial charge is 0.504 e. The van der Waals surface area contributed by atoms with E-state index in [0.29, 0.717) is 16.5 Å². The average Bonchev–Trinajstić information content (AvgIpc) is 2.93. The summed E-state index contributed by atoms with van der Waals surface area (Å²) in [4.78, 5) is 25.3. The van der Waals surface area contributed by atoms with Crippen LogP contribution in [0.1, 0.15) is 27.7 Å². The molecule has 2 heterocycles. The second kappa shape index (κ2) is 5.63. The van der Waals surface area contributed by atoms with Crippen molar-refractivity contribution in [2.24, 2.45) is 0 Å². The normalized spacial score (nSPS) is 15.9. The molecular weight excluding hydrogens is 390 g/mol. The first-order valence-corrected chi connectivity index (χ1v) is 8.23. The molecule has 7 heteroatoms. The molecular formula is C18H12BrNO5. The molecule has 0 saturated heterocycles. The fourth-order valence-corrected chi connectivity index (χ4v) is 3.37. The summed E-state index contributed by atoms with van der Waals surface area (Å²) < 4.78 is 11.5. The van der Waals surface area contributed by atoms with Crippen molar-refractivity contribution in [3.8, 4) is 11.5 Å². The summed E-state index contributed by atoms with van der Waals surface area (Å²) in [6, 6.07) is 9.05. The van der Waals surface area contributed by atoms with Gasteiger partial charge in [-0.1, -0.05) is 22.0 Å². The lowest BCUT2D eigenvalue weighted by atomic mass is 9.99. The topological polar surface area (TPSA) is 88.8 Å². The molecule has 3 aromatic rings. The van der Waals surface area contributed by atoms with Crippen LogP contribution in [0, 0.1) is 0 Å². The maximum atomic E-state index is 13.0. The predicted octanol–water partition coefficient (Wildman–Crippen LogP) is 3.10. The van der Waals surface area contributed by atoms with E-state index >= 15 is 0 Å². The standard InChI is InChI=1S/C18H12BrNO5/c1-24-13-6-8(2-4-11(13)21)15-14-16(22)10-7-9(19)3-5-12(10)25-17(14)18(23)20-15/h2-7,15,21H,1H3,(H,20,23)/t15-/m0/s1. The Morgan fingerprint density at radius 2 is 2.00 bits per heavy atom. The number of phenols is 1. The third-order valence-corrected chi connectivity index (χ3v) is 4.69. The number of hydrogen-bond acceptors (Lipinski definition) is 5. The number of halogens is 1. The van der Waals surface area contributed by atoms with Gasteiger partial charge in [-0.15, -0.1) is 0 Å².